The minimum Gasteiger partial charge on any atom is -0.211 e. The average Bonchev–Trinajstić information content (AvgIpc) is 2.46. The molecular formula is C16H11ClO2S. The van der Waals surface area contributed by atoms with E-state index >= 15 is 0 Å². The summed E-state index contributed by atoms with van der Waals surface area (Å²) in [6.45, 7) is 0. The molecular weight excluding hydrogens is 292 g/mol. The summed E-state index contributed by atoms with van der Waals surface area (Å²) in [5.74, 6) is 2.62. The Hall–Kier alpha value is -2.02. The summed E-state index contributed by atoms with van der Waals surface area (Å²) < 4.78 is 23.5. The third-order valence-electron chi connectivity index (χ3n) is 2.42. The number of benzene rings is 2. The first-order valence-corrected chi connectivity index (χ1v) is 7.74. The standard InChI is InChI=1S/C16H11ClO2S/c17-16-8-6-15(7-9-16)11-13-20(18,19)12-10-14-4-2-1-3-5-14/h1-9,11,13H/b13-11+. The first-order chi connectivity index (χ1) is 9.55. The van der Waals surface area contributed by atoms with E-state index in [0.29, 0.717) is 10.6 Å². The van der Waals surface area contributed by atoms with Gasteiger partial charge in [0.25, 0.3) is 0 Å². The number of halogens is 1. The van der Waals surface area contributed by atoms with E-state index in [4.69, 9.17) is 11.6 Å². The van der Waals surface area contributed by atoms with E-state index in [0.717, 1.165) is 11.0 Å². The summed E-state index contributed by atoms with van der Waals surface area (Å²) in [6, 6.07) is 15.8. The third-order valence-corrected chi connectivity index (χ3v) is 3.55. The predicted octanol–water partition coefficient (Wildman–Crippen LogP) is 3.73. The molecule has 0 aliphatic rings. The Morgan fingerprint density at radius 1 is 0.950 bits per heavy atom. The van der Waals surface area contributed by atoms with Gasteiger partial charge in [0.1, 0.15) is 0 Å². The molecule has 0 radical (unpaired) electrons. The molecule has 0 atom stereocenters. The molecule has 2 aromatic rings. The van der Waals surface area contributed by atoms with Crippen LogP contribution in [0.2, 0.25) is 5.02 Å². The van der Waals surface area contributed by atoms with Crippen molar-refractivity contribution in [2.45, 2.75) is 0 Å². The third kappa shape index (κ3) is 4.58. The van der Waals surface area contributed by atoms with Crippen LogP contribution in [-0.4, -0.2) is 8.42 Å². The van der Waals surface area contributed by atoms with Crippen molar-refractivity contribution in [3.8, 4) is 11.2 Å². The van der Waals surface area contributed by atoms with Gasteiger partial charge in [-0.2, -0.15) is 0 Å². The van der Waals surface area contributed by atoms with Crippen LogP contribution >= 0.6 is 11.6 Å². The van der Waals surface area contributed by atoms with Crippen molar-refractivity contribution in [1.82, 2.24) is 0 Å². The van der Waals surface area contributed by atoms with Crippen LogP contribution in [0, 0.1) is 11.2 Å². The second kappa shape index (κ2) is 6.42. The van der Waals surface area contributed by atoms with E-state index in [1.807, 2.05) is 6.07 Å². The van der Waals surface area contributed by atoms with Crippen LogP contribution in [0.5, 0.6) is 0 Å². The molecule has 2 nitrogen and oxygen atoms in total. The molecule has 0 amide bonds. The highest BCUT2D eigenvalue weighted by Crippen LogP contribution is 2.11. The number of hydrogen-bond donors (Lipinski definition) is 0. The van der Waals surface area contributed by atoms with Crippen molar-refractivity contribution in [2.24, 2.45) is 0 Å². The maximum absolute atomic E-state index is 11.8. The molecule has 2 aromatic carbocycles. The van der Waals surface area contributed by atoms with Crippen molar-refractivity contribution in [3.63, 3.8) is 0 Å². The van der Waals surface area contributed by atoms with Gasteiger partial charge in [-0.15, -0.1) is 0 Å². The first-order valence-electron chi connectivity index (χ1n) is 5.82. The second-order valence-corrected chi connectivity index (χ2v) is 6.00. The van der Waals surface area contributed by atoms with Gasteiger partial charge in [-0.1, -0.05) is 41.9 Å². The topological polar surface area (TPSA) is 34.1 Å². The predicted molar refractivity (Wildman–Crippen MR) is 82.7 cm³/mol. The zero-order valence-corrected chi connectivity index (χ0v) is 12.0. The van der Waals surface area contributed by atoms with Crippen molar-refractivity contribution in [1.29, 1.82) is 0 Å². The fraction of sp³-hybridized carbons (Fsp3) is 0. The summed E-state index contributed by atoms with van der Waals surface area (Å²) >= 11 is 5.75. The molecule has 0 bridgehead atoms. The molecule has 0 aliphatic heterocycles. The second-order valence-electron chi connectivity index (χ2n) is 3.99. The van der Waals surface area contributed by atoms with E-state index < -0.39 is 9.84 Å². The van der Waals surface area contributed by atoms with E-state index in [-0.39, 0.29) is 0 Å². The number of hydrogen-bond acceptors (Lipinski definition) is 2. The molecule has 0 aliphatic carbocycles. The average molecular weight is 303 g/mol. The van der Waals surface area contributed by atoms with Gasteiger partial charge in [-0.05, 0) is 41.8 Å². The molecule has 0 saturated carbocycles. The molecule has 0 spiro atoms. The fourth-order valence-electron chi connectivity index (χ4n) is 1.43. The highest BCUT2D eigenvalue weighted by molar-refractivity contribution is 7.98. The normalized spacial score (nSPS) is 11.1. The highest BCUT2D eigenvalue weighted by Gasteiger charge is 1.99. The summed E-state index contributed by atoms with van der Waals surface area (Å²) in [5, 5.41) is 3.96. The zero-order valence-electron chi connectivity index (χ0n) is 10.5. The summed E-state index contributed by atoms with van der Waals surface area (Å²) in [7, 11) is -3.56. The molecule has 0 saturated heterocycles. The summed E-state index contributed by atoms with van der Waals surface area (Å²) in [4.78, 5) is 0. The molecule has 0 fully saturated rings. The van der Waals surface area contributed by atoms with Crippen LogP contribution in [-0.2, 0) is 9.84 Å². The molecule has 0 N–H and O–H groups in total. The van der Waals surface area contributed by atoms with Crippen LogP contribution in [0.4, 0.5) is 0 Å². The largest absolute Gasteiger partial charge is 0.238 e. The minimum atomic E-state index is -3.56. The van der Waals surface area contributed by atoms with Crippen LogP contribution in [0.15, 0.2) is 60.0 Å². The fourth-order valence-corrected chi connectivity index (χ4v) is 2.22. The lowest BCUT2D eigenvalue weighted by atomic mass is 10.2. The summed E-state index contributed by atoms with van der Waals surface area (Å²) in [5.41, 5.74) is 1.41. The lowest BCUT2D eigenvalue weighted by Gasteiger charge is -1.92. The lowest BCUT2D eigenvalue weighted by molar-refractivity contribution is 0.614. The van der Waals surface area contributed by atoms with Crippen LogP contribution in [0.25, 0.3) is 6.08 Å². The molecule has 0 unspecified atom stereocenters. The van der Waals surface area contributed by atoms with Gasteiger partial charge in [-0.3, -0.25) is 0 Å². The molecule has 2 rings (SSSR count). The van der Waals surface area contributed by atoms with Crippen molar-refractivity contribution >= 4 is 27.5 Å². The van der Waals surface area contributed by atoms with Gasteiger partial charge >= 0.3 is 0 Å². The zero-order chi connectivity index (χ0) is 14.4. The molecule has 20 heavy (non-hydrogen) atoms. The van der Waals surface area contributed by atoms with E-state index in [1.165, 1.54) is 6.08 Å². The number of sulfone groups is 1. The van der Waals surface area contributed by atoms with Gasteiger partial charge in [0, 0.05) is 21.2 Å². The Morgan fingerprint density at radius 3 is 2.25 bits per heavy atom. The van der Waals surface area contributed by atoms with Gasteiger partial charge in [0.15, 0.2) is 0 Å². The monoisotopic (exact) mass is 302 g/mol. The van der Waals surface area contributed by atoms with Gasteiger partial charge in [-0.25, -0.2) is 8.42 Å². The Morgan fingerprint density at radius 2 is 1.60 bits per heavy atom. The minimum absolute atomic E-state index is 0.605. The van der Waals surface area contributed by atoms with Crippen LogP contribution in [0.1, 0.15) is 11.1 Å². The van der Waals surface area contributed by atoms with Crippen molar-refractivity contribution in [3.05, 3.63) is 76.2 Å². The maximum Gasteiger partial charge on any atom is 0.238 e. The number of rotatable bonds is 2. The Balaban J connectivity index is 2.16. The van der Waals surface area contributed by atoms with Gasteiger partial charge in [0.05, 0.1) is 0 Å². The molecule has 0 heterocycles. The molecule has 100 valence electrons. The highest BCUT2D eigenvalue weighted by atomic mass is 35.5. The summed E-state index contributed by atoms with van der Waals surface area (Å²) in [6.07, 6.45) is 1.49. The van der Waals surface area contributed by atoms with Gasteiger partial charge in [0.2, 0.25) is 9.84 Å². The Bertz CT molecular complexity index is 765. The van der Waals surface area contributed by atoms with Crippen molar-refractivity contribution < 1.29 is 8.42 Å². The molecule has 0 aromatic heterocycles. The van der Waals surface area contributed by atoms with E-state index in [1.54, 1.807) is 48.5 Å². The van der Waals surface area contributed by atoms with Crippen molar-refractivity contribution in [2.75, 3.05) is 0 Å². The van der Waals surface area contributed by atoms with Gasteiger partial charge < -0.3 is 0 Å². The van der Waals surface area contributed by atoms with E-state index in [2.05, 4.69) is 11.2 Å². The smallest absolute Gasteiger partial charge is 0.211 e. The maximum atomic E-state index is 11.8. The Labute approximate surface area is 123 Å². The van der Waals surface area contributed by atoms with Crippen LogP contribution in [0.3, 0.4) is 0 Å². The SMILES string of the molecule is O=S(=O)(C#Cc1ccccc1)/C=C/c1ccc(Cl)cc1. The first kappa shape index (κ1) is 14.4. The lowest BCUT2D eigenvalue weighted by Crippen LogP contribution is -1.89. The Kier molecular flexibility index (Phi) is 4.62. The molecule has 4 heteroatoms. The van der Waals surface area contributed by atoms with Crippen LogP contribution < -0.4 is 0 Å². The van der Waals surface area contributed by atoms with E-state index in [9.17, 15) is 8.42 Å². The quantitative estimate of drug-likeness (QED) is 0.792.